The quantitative estimate of drug-likeness (QED) is 0.0261. The van der Waals surface area contributed by atoms with Crippen LogP contribution < -0.4 is 0 Å². The summed E-state index contributed by atoms with van der Waals surface area (Å²) in [7, 11) is 0. The Kier molecular flexibility index (Phi) is 61.3. The third-order valence-corrected chi connectivity index (χ3v) is 13.8. The van der Waals surface area contributed by atoms with Gasteiger partial charge < -0.3 is 14.2 Å². The fourth-order valence-corrected chi connectivity index (χ4v) is 8.92. The van der Waals surface area contributed by atoms with Crippen LogP contribution >= 0.6 is 0 Å². The lowest BCUT2D eigenvalue weighted by Crippen LogP contribution is -2.30. The highest BCUT2D eigenvalue weighted by Crippen LogP contribution is 2.16. The van der Waals surface area contributed by atoms with E-state index < -0.39 is 6.10 Å². The van der Waals surface area contributed by atoms with E-state index in [9.17, 15) is 14.4 Å². The predicted octanol–water partition coefficient (Wildman–Crippen LogP) is 22.2. The number of allylic oxidation sites excluding steroid dienone is 18. The number of rotatable bonds is 58. The van der Waals surface area contributed by atoms with E-state index in [4.69, 9.17) is 14.2 Å². The molecule has 1 unspecified atom stereocenters. The third-order valence-electron chi connectivity index (χ3n) is 13.8. The Morgan fingerprint density at radius 3 is 0.818 bits per heavy atom. The summed E-state index contributed by atoms with van der Waals surface area (Å²) in [5.74, 6) is -0.936. The van der Waals surface area contributed by atoms with Gasteiger partial charge in [0.05, 0.1) is 0 Å². The monoisotopic (exact) mass is 1070 g/mol. The Morgan fingerprint density at radius 2 is 0.506 bits per heavy atom. The molecule has 0 aromatic rings. The van der Waals surface area contributed by atoms with Gasteiger partial charge in [-0.05, 0) is 109 Å². The molecule has 77 heavy (non-hydrogen) atoms. The van der Waals surface area contributed by atoms with Crippen LogP contribution in [0.1, 0.15) is 303 Å². The molecular formula is C71H120O6. The lowest BCUT2D eigenvalue weighted by molar-refractivity contribution is -0.167. The molecule has 0 aliphatic rings. The van der Waals surface area contributed by atoms with Crippen LogP contribution in [0.5, 0.6) is 0 Å². The molecule has 0 saturated carbocycles. The van der Waals surface area contributed by atoms with Gasteiger partial charge >= 0.3 is 17.9 Å². The van der Waals surface area contributed by atoms with Crippen molar-refractivity contribution in [2.45, 2.75) is 309 Å². The third kappa shape index (κ3) is 62.8. The molecule has 6 nitrogen and oxygen atoms in total. The summed E-state index contributed by atoms with van der Waals surface area (Å²) in [5.41, 5.74) is 0. The second-order valence-electron chi connectivity index (χ2n) is 21.3. The summed E-state index contributed by atoms with van der Waals surface area (Å²) in [4.78, 5) is 38.3. The lowest BCUT2D eigenvalue weighted by Gasteiger charge is -2.18. The molecule has 0 aromatic carbocycles. The molecule has 0 saturated heterocycles. The highest BCUT2D eigenvalue weighted by atomic mass is 16.6. The van der Waals surface area contributed by atoms with Crippen molar-refractivity contribution < 1.29 is 28.6 Å². The maximum absolute atomic E-state index is 12.9. The average Bonchev–Trinajstić information content (AvgIpc) is 3.43. The van der Waals surface area contributed by atoms with E-state index >= 15 is 0 Å². The van der Waals surface area contributed by atoms with Gasteiger partial charge in [-0.2, -0.15) is 0 Å². The molecule has 0 rings (SSSR count). The van der Waals surface area contributed by atoms with Crippen LogP contribution in [0.25, 0.3) is 0 Å². The Bertz CT molecular complexity index is 1560. The Labute approximate surface area is 476 Å². The minimum absolute atomic E-state index is 0.0957. The summed E-state index contributed by atoms with van der Waals surface area (Å²) in [6.45, 7) is 6.50. The summed E-state index contributed by atoms with van der Waals surface area (Å²) in [5, 5.41) is 0. The fourth-order valence-electron chi connectivity index (χ4n) is 8.92. The van der Waals surface area contributed by atoms with E-state index in [1.54, 1.807) is 0 Å². The standard InChI is InChI=1S/C71H120O6/c1-4-7-10-13-16-19-22-25-27-29-31-33-34-35-36-38-39-41-43-46-49-52-55-58-61-64-70(73)76-67-68(66-75-69(72)63-60-57-54-51-48-45-24-21-18-15-12-9-6-3)77-71(74)65-62-59-56-53-50-47-44-42-40-37-32-30-28-26-23-20-17-14-11-8-5-2/h8,11,17,20,22,25-26,28-29,31-32,34-35,37,42,44,50,53,68H,4-7,9-10,12-16,18-19,21,23-24,27,30,33,36,38-41,43,45-49,51-52,54-67H2,1-3H3/b11-8-,20-17-,25-22-,28-26-,31-29-,35-34-,37-32-,44-42-,53-50-. The minimum Gasteiger partial charge on any atom is -0.462 e. The van der Waals surface area contributed by atoms with Gasteiger partial charge in [0.1, 0.15) is 13.2 Å². The molecule has 0 N–H and O–H groups in total. The molecule has 6 heteroatoms. The van der Waals surface area contributed by atoms with Gasteiger partial charge in [-0.25, -0.2) is 0 Å². The molecule has 1 atom stereocenters. The first kappa shape index (κ1) is 73.1. The van der Waals surface area contributed by atoms with Crippen LogP contribution in [-0.4, -0.2) is 37.2 Å². The summed E-state index contributed by atoms with van der Waals surface area (Å²) < 4.78 is 16.9. The zero-order valence-corrected chi connectivity index (χ0v) is 50.4. The maximum atomic E-state index is 12.9. The van der Waals surface area contributed by atoms with Crippen molar-refractivity contribution in [1.82, 2.24) is 0 Å². The molecule has 0 spiro atoms. The summed E-state index contributed by atoms with van der Waals surface area (Å²) >= 11 is 0. The minimum atomic E-state index is -0.804. The van der Waals surface area contributed by atoms with Crippen molar-refractivity contribution in [2.24, 2.45) is 0 Å². The van der Waals surface area contributed by atoms with Crippen molar-refractivity contribution >= 4 is 17.9 Å². The van der Waals surface area contributed by atoms with Crippen molar-refractivity contribution in [3.05, 3.63) is 109 Å². The van der Waals surface area contributed by atoms with Crippen molar-refractivity contribution in [3.8, 4) is 0 Å². The number of unbranched alkanes of at least 4 members (excludes halogenated alkanes) is 29. The highest BCUT2D eigenvalue weighted by Gasteiger charge is 2.19. The zero-order valence-electron chi connectivity index (χ0n) is 50.4. The van der Waals surface area contributed by atoms with Crippen molar-refractivity contribution in [3.63, 3.8) is 0 Å². The van der Waals surface area contributed by atoms with Crippen LogP contribution in [0.15, 0.2) is 109 Å². The van der Waals surface area contributed by atoms with E-state index in [0.29, 0.717) is 19.3 Å². The molecule has 0 radical (unpaired) electrons. The van der Waals surface area contributed by atoms with Crippen LogP contribution in [0.2, 0.25) is 0 Å². The number of carbonyl (C=O) groups excluding carboxylic acids is 3. The van der Waals surface area contributed by atoms with Gasteiger partial charge in [-0.1, -0.05) is 284 Å². The van der Waals surface area contributed by atoms with Gasteiger partial charge in [0.2, 0.25) is 0 Å². The average molecular weight is 1070 g/mol. The number of carbonyl (C=O) groups is 3. The first-order valence-corrected chi connectivity index (χ1v) is 32.4. The van der Waals surface area contributed by atoms with Gasteiger partial charge in [-0.15, -0.1) is 0 Å². The van der Waals surface area contributed by atoms with Gasteiger partial charge in [-0.3, -0.25) is 14.4 Å². The molecule has 0 heterocycles. The fraction of sp³-hybridized carbons (Fsp3) is 0.704. The van der Waals surface area contributed by atoms with E-state index in [2.05, 4.69) is 130 Å². The summed E-state index contributed by atoms with van der Waals surface area (Å²) in [6.07, 6.45) is 88.1. The molecule has 0 fully saturated rings. The number of ether oxygens (including phenoxy) is 3. The number of esters is 3. The molecule has 0 aromatic heterocycles. The van der Waals surface area contributed by atoms with E-state index in [-0.39, 0.29) is 37.5 Å². The maximum Gasteiger partial charge on any atom is 0.306 e. The molecule has 0 aliphatic carbocycles. The molecule has 440 valence electrons. The van der Waals surface area contributed by atoms with Crippen LogP contribution in [-0.2, 0) is 28.6 Å². The molecule has 0 aliphatic heterocycles. The largest absolute Gasteiger partial charge is 0.462 e. The van der Waals surface area contributed by atoms with E-state index in [1.165, 1.54) is 154 Å². The lowest BCUT2D eigenvalue weighted by atomic mass is 10.0. The van der Waals surface area contributed by atoms with E-state index in [0.717, 1.165) is 103 Å². The SMILES string of the molecule is CC/C=C\C/C=C\C/C=C\C/C=C\C/C=C\C/C=C\CCCCC(=O)OC(COC(=O)CCCCCCCCCCCC/C=C\C/C=C\C/C=C\CCCCCCC)COC(=O)CCCCCCCCCCCCCCC. The van der Waals surface area contributed by atoms with Crippen LogP contribution in [0, 0.1) is 0 Å². The highest BCUT2D eigenvalue weighted by molar-refractivity contribution is 5.71. The van der Waals surface area contributed by atoms with Crippen molar-refractivity contribution in [2.75, 3.05) is 13.2 Å². The molecular weight excluding hydrogens is 949 g/mol. The topological polar surface area (TPSA) is 78.9 Å². The zero-order chi connectivity index (χ0) is 55.7. The Morgan fingerprint density at radius 1 is 0.273 bits per heavy atom. The van der Waals surface area contributed by atoms with Crippen LogP contribution in [0.4, 0.5) is 0 Å². The second-order valence-corrected chi connectivity index (χ2v) is 21.3. The number of hydrogen-bond acceptors (Lipinski definition) is 6. The molecule has 0 bridgehead atoms. The first-order valence-electron chi connectivity index (χ1n) is 32.4. The van der Waals surface area contributed by atoms with E-state index in [1.807, 2.05) is 0 Å². The predicted molar refractivity (Wildman–Crippen MR) is 334 cm³/mol. The van der Waals surface area contributed by atoms with Gasteiger partial charge in [0.15, 0.2) is 6.10 Å². The normalized spacial score (nSPS) is 12.8. The Hall–Kier alpha value is -3.93. The van der Waals surface area contributed by atoms with Crippen molar-refractivity contribution in [1.29, 1.82) is 0 Å². The number of hydrogen-bond donors (Lipinski definition) is 0. The summed E-state index contributed by atoms with van der Waals surface area (Å²) in [6, 6.07) is 0. The van der Waals surface area contributed by atoms with Crippen LogP contribution in [0.3, 0.4) is 0 Å². The first-order chi connectivity index (χ1) is 38.0. The van der Waals surface area contributed by atoms with Gasteiger partial charge in [0, 0.05) is 19.3 Å². The smallest absolute Gasteiger partial charge is 0.306 e. The Balaban J connectivity index is 4.40. The molecule has 0 amide bonds. The second kappa shape index (κ2) is 64.6. The van der Waals surface area contributed by atoms with Gasteiger partial charge in [0.25, 0.3) is 0 Å².